The zero-order valence-corrected chi connectivity index (χ0v) is 6.44. The molecule has 0 radical (unpaired) electrons. The summed E-state index contributed by atoms with van der Waals surface area (Å²) in [4.78, 5) is 6.96. The maximum atomic E-state index is 4.15. The summed E-state index contributed by atoms with van der Waals surface area (Å²) in [5, 5.41) is 0.810. The molecule has 0 aliphatic rings. The van der Waals surface area contributed by atoms with Gasteiger partial charge in [-0.15, -0.1) is 12.6 Å². The molecular formula is C6H10N2S. The van der Waals surface area contributed by atoms with Crippen molar-refractivity contribution in [1.29, 1.82) is 0 Å². The maximum absolute atomic E-state index is 4.15. The van der Waals surface area contributed by atoms with E-state index in [-0.39, 0.29) is 0 Å². The van der Waals surface area contributed by atoms with E-state index in [9.17, 15) is 0 Å². The van der Waals surface area contributed by atoms with Gasteiger partial charge in [0, 0.05) is 0 Å². The van der Waals surface area contributed by atoms with Crippen LogP contribution in [0.3, 0.4) is 0 Å². The van der Waals surface area contributed by atoms with Gasteiger partial charge < -0.3 is 4.98 Å². The number of thiol groups is 1. The molecule has 1 rings (SSSR count). The highest BCUT2D eigenvalue weighted by Gasteiger charge is 2.03. The summed E-state index contributed by atoms with van der Waals surface area (Å²) in [6.07, 6.45) is 1.66. The van der Waals surface area contributed by atoms with Crippen molar-refractivity contribution in [2.45, 2.75) is 24.8 Å². The van der Waals surface area contributed by atoms with Gasteiger partial charge in [-0.1, -0.05) is 13.8 Å². The summed E-state index contributed by atoms with van der Waals surface area (Å²) in [5.41, 5.74) is 1.11. The third-order valence-electron chi connectivity index (χ3n) is 1.23. The molecule has 0 bridgehead atoms. The Labute approximate surface area is 60.1 Å². The number of hydrogen-bond donors (Lipinski definition) is 2. The number of H-pyrrole nitrogens is 1. The van der Waals surface area contributed by atoms with Crippen LogP contribution in [-0.2, 0) is 0 Å². The van der Waals surface area contributed by atoms with Gasteiger partial charge in [0.1, 0.15) is 5.03 Å². The van der Waals surface area contributed by atoms with Gasteiger partial charge in [0.25, 0.3) is 0 Å². The molecule has 3 heteroatoms. The fourth-order valence-corrected chi connectivity index (χ4v) is 1.10. The number of hydrogen-bond acceptors (Lipinski definition) is 2. The predicted molar refractivity (Wildman–Crippen MR) is 39.9 cm³/mol. The standard InChI is InChI=1S/C6H10N2S/c1-4(2)5-6(9)8-3-7-5/h3-4,9H,1-2H3,(H,7,8). The number of aromatic amines is 1. The number of nitrogens with zero attached hydrogens (tertiary/aromatic N) is 1. The molecule has 1 heterocycles. The summed E-state index contributed by atoms with van der Waals surface area (Å²) in [6.45, 7) is 4.21. The van der Waals surface area contributed by atoms with Crippen molar-refractivity contribution >= 4 is 12.6 Å². The minimum atomic E-state index is 0.486. The van der Waals surface area contributed by atoms with Crippen molar-refractivity contribution in [2.75, 3.05) is 0 Å². The van der Waals surface area contributed by atoms with E-state index in [0.29, 0.717) is 5.92 Å². The number of rotatable bonds is 1. The van der Waals surface area contributed by atoms with E-state index < -0.39 is 0 Å². The zero-order valence-electron chi connectivity index (χ0n) is 5.55. The topological polar surface area (TPSA) is 28.7 Å². The molecular weight excluding hydrogens is 132 g/mol. The van der Waals surface area contributed by atoms with E-state index in [0.717, 1.165) is 10.7 Å². The van der Waals surface area contributed by atoms with E-state index in [1.54, 1.807) is 6.33 Å². The Morgan fingerprint density at radius 2 is 2.33 bits per heavy atom. The smallest absolute Gasteiger partial charge is 0.114 e. The van der Waals surface area contributed by atoms with E-state index in [2.05, 4.69) is 36.4 Å². The van der Waals surface area contributed by atoms with Crippen LogP contribution in [0, 0.1) is 0 Å². The van der Waals surface area contributed by atoms with Crippen LogP contribution in [0.5, 0.6) is 0 Å². The highest BCUT2D eigenvalue weighted by molar-refractivity contribution is 7.80. The molecule has 1 aromatic rings. The first-order valence-electron chi connectivity index (χ1n) is 2.94. The van der Waals surface area contributed by atoms with Gasteiger partial charge in [-0.3, -0.25) is 0 Å². The van der Waals surface area contributed by atoms with Gasteiger partial charge in [-0.25, -0.2) is 4.98 Å². The van der Waals surface area contributed by atoms with Gasteiger partial charge in [-0.05, 0) is 5.92 Å². The third-order valence-corrected chi connectivity index (χ3v) is 1.58. The van der Waals surface area contributed by atoms with Crippen molar-refractivity contribution < 1.29 is 0 Å². The third kappa shape index (κ3) is 1.27. The summed E-state index contributed by atoms with van der Waals surface area (Å²) in [7, 11) is 0. The number of aromatic nitrogens is 2. The number of nitrogens with one attached hydrogen (secondary N) is 1. The maximum Gasteiger partial charge on any atom is 0.114 e. The van der Waals surface area contributed by atoms with Crippen LogP contribution >= 0.6 is 12.6 Å². The zero-order chi connectivity index (χ0) is 6.85. The van der Waals surface area contributed by atoms with Crippen LogP contribution in [0.1, 0.15) is 25.5 Å². The van der Waals surface area contributed by atoms with Gasteiger partial charge in [0.05, 0.1) is 12.0 Å². The number of imidazole rings is 1. The first-order chi connectivity index (χ1) is 4.22. The summed E-state index contributed by atoms with van der Waals surface area (Å²) in [6, 6.07) is 0. The van der Waals surface area contributed by atoms with Gasteiger partial charge in [0.2, 0.25) is 0 Å². The fourth-order valence-electron chi connectivity index (χ4n) is 0.722. The van der Waals surface area contributed by atoms with Crippen molar-refractivity contribution in [3.8, 4) is 0 Å². The molecule has 0 fully saturated rings. The minimum absolute atomic E-state index is 0.486. The van der Waals surface area contributed by atoms with Crippen molar-refractivity contribution in [2.24, 2.45) is 0 Å². The molecule has 2 nitrogen and oxygen atoms in total. The molecule has 0 aliphatic heterocycles. The van der Waals surface area contributed by atoms with E-state index in [4.69, 9.17) is 0 Å². The lowest BCUT2D eigenvalue weighted by molar-refractivity contribution is 0.806. The van der Waals surface area contributed by atoms with Gasteiger partial charge in [-0.2, -0.15) is 0 Å². The van der Waals surface area contributed by atoms with E-state index in [1.807, 2.05) is 0 Å². The van der Waals surface area contributed by atoms with Crippen molar-refractivity contribution in [3.63, 3.8) is 0 Å². The first-order valence-corrected chi connectivity index (χ1v) is 3.38. The monoisotopic (exact) mass is 142 g/mol. The Bertz CT molecular complexity index is 193. The Balaban J connectivity index is 2.94. The predicted octanol–water partition coefficient (Wildman–Crippen LogP) is 1.82. The second kappa shape index (κ2) is 2.43. The summed E-state index contributed by atoms with van der Waals surface area (Å²) < 4.78 is 0. The molecule has 0 atom stereocenters. The highest BCUT2D eigenvalue weighted by Crippen LogP contribution is 2.17. The molecule has 0 saturated carbocycles. The molecule has 1 N–H and O–H groups in total. The second-order valence-corrected chi connectivity index (χ2v) is 2.72. The fraction of sp³-hybridized carbons (Fsp3) is 0.500. The molecule has 0 saturated heterocycles. The van der Waals surface area contributed by atoms with Crippen molar-refractivity contribution in [1.82, 2.24) is 9.97 Å². The molecule has 50 valence electrons. The SMILES string of the molecule is CC(C)c1[nH]cnc1S. The molecule has 0 spiro atoms. The first kappa shape index (κ1) is 6.68. The summed E-state index contributed by atoms with van der Waals surface area (Å²) in [5.74, 6) is 0.486. The lowest BCUT2D eigenvalue weighted by atomic mass is 10.2. The van der Waals surface area contributed by atoms with Crippen LogP contribution in [-0.4, -0.2) is 9.97 Å². The van der Waals surface area contributed by atoms with Crippen LogP contribution < -0.4 is 0 Å². The van der Waals surface area contributed by atoms with Gasteiger partial charge >= 0.3 is 0 Å². The van der Waals surface area contributed by atoms with Gasteiger partial charge in [0.15, 0.2) is 0 Å². The van der Waals surface area contributed by atoms with Crippen LogP contribution in [0.25, 0.3) is 0 Å². The molecule has 1 aromatic heterocycles. The average molecular weight is 142 g/mol. The van der Waals surface area contributed by atoms with E-state index >= 15 is 0 Å². The molecule has 0 aliphatic carbocycles. The van der Waals surface area contributed by atoms with Crippen LogP contribution in [0.15, 0.2) is 11.4 Å². The Morgan fingerprint density at radius 3 is 2.56 bits per heavy atom. The quantitative estimate of drug-likeness (QED) is 0.575. The highest BCUT2D eigenvalue weighted by atomic mass is 32.1. The van der Waals surface area contributed by atoms with Crippen molar-refractivity contribution in [3.05, 3.63) is 12.0 Å². The Morgan fingerprint density at radius 1 is 1.67 bits per heavy atom. The molecule has 0 aromatic carbocycles. The Hall–Kier alpha value is -0.440. The lowest BCUT2D eigenvalue weighted by Crippen LogP contribution is -1.87. The van der Waals surface area contributed by atoms with Crippen LogP contribution in [0.4, 0.5) is 0 Å². The average Bonchev–Trinajstić information content (AvgIpc) is 2.13. The minimum Gasteiger partial charge on any atom is -0.347 e. The lowest BCUT2D eigenvalue weighted by Gasteiger charge is -1.99. The molecule has 9 heavy (non-hydrogen) atoms. The summed E-state index contributed by atoms with van der Waals surface area (Å²) >= 11 is 4.15. The second-order valence-electron chi connectivity index (χ2n) is 2.29. The molecule has 0 amide bonds. The Kier molecular flexibility index (Phi) is 1.81. The normalized spacial score (nSPS) is 10.7. The van der Waals surface area contributed by atoms with Crippen LogP contribution in [0.2, 0.25) is 0 Å². The van der Waals surface area contributed by atoms with E-state index in [1.165, 1.54) is 0 Å². The molecule has 0 unspecified atom stereocenters. The largest absolute Gasteiger partial charge is 0.347 e.